The maximum absolute atomic E-state index is 11.2. The summed E-state index contributed by atoms with van der Waals surface area (Å²) >= 11 is 0. The van der Waals surface area contributed by atoms with Crippen molar-refractivity contribution < 1.29 is 19.7 Å². The lowest BCUT2D eigenvalue weighted by Crippen LogP contribution is -2.30. The monoisotopic (exact) mass is 236 g/mol. The van der Waals surface area contributed by atoms with Gasteiger partial charge in [-0.05, 0) is 13.0 Å². The molecule has 0 bridgehead atoms. The molecule has 0 saturated heterocycles. The van der Waals surface area contributed by atoms with Gasteiger partial charge in [0.1, 0.15) is 12.2 Å². The van der Waals surface area contributed by atoms with E-state index in [0.29, 0.717) is 0 Å². The Kier molecular flexibility index (Phi) is 4.57. The van der Waals surface area contributed by atoms with E-state index in [4.69, 9.17) is 5.26 Å². The van der Waals surface area contributed by atoms with Crippen LogP contribution in [0.4, 0.5) is 0 Å². The molecule has 2 atom stereocenters. The number of aliphatic hydroxyl groups is 2. The zero-order valence-electron chi connectivity index (χ0n) is 9.20. The molecule has 0 aliphatic rings. The molecule has 1 heterocycles. The number of nitriles is 1. The van der Waals surface area contributed by atoms with Crippen LogP contribution in [0.3, 0.4) is 0 Å². The van der Waals surface area contributed by atoms with Gasteiger partial charge in [-0.1, -0.05) is 0 Å². The lowest BCUT2D eigenvalue weighted by molar-refractivity contribution is -0.159. The number of hydrogen-bond donors (Lipinski definition) is 2. The summed E-state index contributed by atoms with van der Waals surface area (Å²) in [4.78, 5) is 14.9. The third-order valence-corrected chi connectivity index (χ3v) is 2.06. The van der Waals surface area contributed by atoms with Gasteiger partial charge in [0.05, 0.1) is 12.2 Å². The van der Waals surface area contributed by atoms with Crippen molar-refractivity contribution in [2.75, 3.05) is 6.61 Å². The van der Waals surface area contributed by atoms with Crippen LogP contribution in [0, 0.1) is 11.3 Å². The van der Waals surface area contributed by atoms with Crippen molar-refractivity contribution in [3.05, 3.63) is 29.6 Å². The number of esters is 1. The highest BCUT2D eigenvalue weighted by molar-refractivity contribution is 5.75. The SMILES string of the molecule is CCOC(=O)C(O)C(O)c1cncc(C#N)c1. The first-order valence-corrected chi connectivity index (χ1v) is 4.98. The third kappa shape index (κ3) is 3.24. The van der Waals surface area contributed by atoms with E-state index < -0.39 is 18.2 Å². The maximum atomic E-state index is 11.2. The quantitative estimate of drug-likeness (QED) is 0.708. The number of pyridine rings is 1. The van der Waals surface area contributed by atoms with Crippen LogP contribution in [-0.4, -0.2) is 33.9 Å². The van der Waals surface area contributed by atoms with Gasteiger partial charge >= 0.3 is 5.97 Å². The molecular weight excluding hydrogens is 224 g/mol. The van der Waals surface area contributed by atoms with E-state index in [1.807, 2.05) is 6.07 Å². The lowest BCUT2D eigenvalue weighted by Gasteiger charge is -2.16. The number of hydrogen-bond acceptors (Lipinski definition) is 6. The van der Waals surface area contributed by atoms with Gasteiger partial charge in [-0.25, -0.2) is 4.79 Å². The van der Waals surface area contributed by atoms with Crippen LogP contribution in [0.2, 0.25) is 0 Å². The minimum absolute atomic E-state index is 0.110. The highest BCUT2D eigenvalue weighted by atomic mass is 16.5. The summed E-state index contributed by atoms with van der Waals surface area (Å²) in [5.74, 6) is -0.914. The summed E-state index contributed by atoms with van der Waals surface area (Å²) in [5.41, 5.74) is 0.419. The molecule has 6 nitrogen and oxygen atoms in total. The Labute approximate surface area is 98.1 Å². The second-order valence-corrected chi connectivity index (χ2v) is 3.26. The van der Waals surface area contributed by atoms with E-state index in [-0.39, 0.29) is 17.7 Å². The van der Waals surface area contributed by atoms with Crippen molar-refractivity contribution in [2.24, 2.45) is 0 Å². The highest BCUT2D eigenvalue weighted by Gasteiger charge is 2.27. The zero-order valence-corrected chi connectivity index (χ0v) is 9.20. The normalized spacial score (nSPS) is 13.5. The Hall–Kier alpha value is -1.97. The topological polar surface area (TPSA) is 103 Å². The first-order valence-electron chi connectivity index (χ1n) is 4.98. The van der Waals surface area contributed by atoms with Crippen LogP contribution < -0.4 is 0 Å². The summed E-state index contributed by atoms with van der Waals surface area (Å²) in [6.45, 7) is 1.70. The van der Waals surface area contributed by atoms with Crippen LogP contribution >= 0.6 is 0 Å². The number of ether oxygens (including phenoxy) is 1. The second-order valence-electron chi connectivity index (χ2n) is 3.26. The molecule has 0 aliphatic heterocycles. The molecule has 1 rings (SSSR count). The number of aromatic nitrogens is 1. The van der Waals surface area contributed by atoms with Gasteiger partial charge in [0.2, 0.25) is 0 Å². The molecule has 2 N–H and O–H groups in total. The molecule has 1 aromatic rings. The molecule has 0 amide bonds. The average molecular weight is 236 g/mol. The van der Waals surface area contributed by atoms with Gasteiger partial charge in [-0.2, -0.15) is 5.26 Å². The maximum Gasteiger partial charge on any atom is 0.338 e. The fourth-order valence-corrected chi connectivity index (χ4v) is 1.22. The smallest absolute Gasteiger partial charge is 0.338 e. The van der Waals surface area contributed by atoms with E-state index in [2.05, 4.69) is 9.72 Å². The Balaban J connectivity index is 2.85. The Morgan fingerprint density at radius 3 is 2.88 bits per heavy atom. The Morgan fingerprint density at radius 1 is 1.59 bits per heavy atom. The summed E-state index contributed by atoms with van der Waals surface area (Å²) < 4.78 is 4.57. The fourth-order valence-electron chi connectivity index (χ4n) is 1.22. The highest BCUT2D eigenvalue weighted by Crippen LogP contribution is 2.17. The van der Waals surface area contributed by atoms with Gasteiger partial charge in [-0.3, -0.25) is 4.98 Å². The van der Waals surface area contributed by atoms with Crippen molar-refractivity contribution in [1.29, 1.82) is 5.26 Å². The lowest BCUT2D eigenvalue weighted by atomic mass is 10.1. The molecule has 90 valence electrons. The minimum Gasteiger partial charge on any atom is -0.464 e. The standard InChI is InChI=1S/C11H12N2O4/c1-2-17-11(16)10(15)9(14)8-3-7(4-12)5-13-6-8/h3,5-6,9-10,14-15H,2H2,1H3. The fraction of sp³-hybridized carbons (Fsp3) is 0.364. The molecule has 0 aromatic carbocycles. The Morgan fingerprint density at radius 2 is 2.29 bits per heavy atom. The van der Waals surface area contributed by atoms with Gasteiger partial charge in [0.15, 0.2) is 6.10 Å². The molecule has 0 radical (unpaired) electrons. The number of rotatable bonds is 4. The van der Waals surface area contributed by atoms with Gasteiger partial charge < -0.3 is 14.9 Å². The largest absolute Gasteiger partial charge is 0.464 e. The molecule has 1 aromatic heterocycles. The van der Waals surface area contributed by atoms with E-state index in [1.54, 1.807) is 6.92 Å². The van der Waals surface area contributed by atoms with Crippen molar-refractivity contribution in [1.82, 2.24) is 4.98 Å². The van der Waals surface area contributed by atoms with E-state index in [1.165, 1.54) is 18.5 Å². The molecule has 6 heteroatoms. The van der Waals surface area contributed by atoms with E-state index >= 15 is 0 Å². The van der Waals surface area contributed by atoms with Crippen LogP contribution in [0.5, 0.6) is 0 Å². The van der Waals surface area contributed by atoms with Gasteiger partial charge in [0.25, 0.3) is 0 Å². The van der Waals surface area contributed by atoms with Gasteiger partial charge in [-0.15, -0.1) is 0 Å². The molecule has 2 unspecified atom stereocenters. The molecule has 0 aliphatic carbocycles. The van der Waals surface area contributed by atoms with Crippen LogP contribution in [0.1, 0.15) is 24.2 Å². The molecule has 17 heavy (non-hydrogen) atoms. The number of aliphatic hydroxyl groups excluding tert-OH is 2. The van der Waals surface area contributed by atoms with Crippen molar-refractivity contribution in [3.63, 3.8) is 0 Å². The van der Waals surface area contributed by atoms with Crippen LogP contribution in [-0.2, 0) is 9.53 Å². The summed E-state index contributed by atoms with van der Waals surface area (Å²) in [7, 11) is 0. The molecular formula is C11H12N2O4. The number of carbonyl (C=O) groups excluding carboxylic acids is 1. The zero-order chi connectivity index (χ0) is 12.8. The van der Waals surface area contributed by atoms with Crippen molar-refractivity contribution in [3.8, 4) is 6.07 Å². The number of nitrogens with zero attached hydrogens (tertiary/aromatic N) is 2. The first kappa shape index (κ1) is 13.1. The third-order valence-electron chi connectivity index (χ3n) is 2.06. The predicted molar refractivity (Wildman–Crippen MR) is 56.6 cm³/mol. The van der Waals surface area contributed by atoms with E-state index in [9.17, 15) is 15.0 Å². The van der Waals surface area contributed by atoms with Crippen LogP contribution in [0.25, 0.3) is 0 Å². The summed E-state index contributed by atoms with van der Waals surface area (Å²) in [6, 6.07) is 3.19. The summed E-state index contributed by atoms with van der Waals surface area (Å²) in [6.07, 6.45) is -0.568. The van der Waals surface area contributed by atoms with E-state index in [0.717, 1.165) is 0 Å². The molecule has 0 saturated carbocycles. The predicted octanol–water partition coefficient (Wildman–Crippen LogP) is -0.0893. The Bertz CT molecular complexity index is 441. The average Bonchev–Trinajstić information content (AvgIpc) is 2.37. The number of carbonyl (C=O) groups is 1. The van der Waals surface area contributed by atoms with Crippen molar-refractivity contribution in [2.45, 2.75) is 19.1 Å². The minimum atomic E-state index is -1.69. The van der Waals surface area contributed by atoms with Gasteiger partial charge in [0, 0.05) is 18.0 Å². The van der Waals surface area contributed by atoms with Crippen LogP contribution in [0.15, 0.2) is 18.5 Å². The first-order chi connectivity index (χ1) is 8.10. The summed E-state index contributed by atoms with van der Waals surface area (Å²) in [5, 5.41) is 27.9. The second kappa shape index (κ2) is 5.94. The molecule has 0 spiro atoms. The van der Waals surface area contributed by atoms with Crippen molar-refractivity contribution >= 4 is 5.97 Å². The molecule has 0 fully saturated rings.